The first-order chi connectivity index (χ1) is 56.7. The Morgan fingerprint density at radius 1 is 0.243 bits per heavy atom. The van der Waals surface area contributed by atoms with Crippen molar-refractivity contribution in [3.05, 3.63) is 369 Å². The van der Waals surface area contributed by atoms with Crippen LogP contribution in [0.15, 0.2) is 367 Å². The molecule has 1 aliphatic rings. The third-order valence-corrected chi connectivity index (χ3v) is 24.5. The molecule has 9 nitrogen and oxygen atoms in total. The summed E-state index contributed by atoms with van der Waals surface area (Å²) in [5.74, 6) is 3.42. The molecule has 0 aliphatic heterocycles. The van der Waals surface area contributed by atoms with E-state index in [0.29, 0.717) is 34.9 Å². The first-order valence-corrected chi connectivity index (χ1v) is 39.7. The third-order valence-electron chi connectivity index (χ3n) is 23.4. The summed E-state index contributed by atoms with van der Waals surface area (Å²) in [6.45, 7) is 4.68. The van der Waals surface area contributed by atoms with Crippen LogP contribution in [0.2, 0.25) is 0 Å². The summed E-state index contributed by atoms with van der Waals surface area (Å²) < 4.78 is 18.3. The molecule has 6 aromatic heterocycles. The molecule has 0 fully saturated rings. The number of aromatic nitrogens is 7. The van der Waals surface area contributed by atoms with Gasteiger partial charge in [0.1, 0.15) is 22.3 Å². The molecule has 0 saturated carbocycles. The van der Waals surface area contributed by atoms with Gasteiger partial charge in [0.15, 0.2) is 34.9 Å². The van der Waals surface area contributed by atoms with Crippen LogP contribution in [0.25, 0.3) is 227 Å². The van der Waals surface area contributed by atoms with Gasteiger partial charge in [0.05, 0.1) is 16.6 Å². The minimum Gasteiger partial charge on any atom is -0.456 e. The maximum Gasteiger partial charge on any atom is 0.167 e. The molecule has 0 atom stereocenters. The predicted octanol–water partition coefficient (Wildman–Crippen LogP) is 28.0. The van der Waals surface area contributed by atoms with E-state index in [0.717, 1.165) is 155 Å². The molecule has 23 rings (SSSR count). The van der Waals surface area contributed by atoms with E-state index in [2.05, 4.69) is 291 Å². The van der Waals surface area contributed by atoms with Crippen molar-refractivity contribution in [3.63, 3.8) is 0 Å². The SMILES string of the molecule is CC1(C)c2ccccc2-c2cc(-c3ccc4c(c3)c3c(-c5cccc(-c6nc(-c7ccccc7)nc(-c7ccccc7)n6)c5)cccc3n4-c3ccc(-c4ccc(-c5nc(-c6cccc(-c7cccc8oc9ccc(-c%10ccc%11sc%12ccccc%12c%11c%10)cc9c78)c6)nc(-c6cccc7c6oc6ccccc67)n5)cc4)cc3)ccc21. The molecular weight excluding hydrogens is 1420 g/mol. The number of para-hydroxylation sites is 2. The Morgan fingerprint density at radius 3 is 1.42 bits per heavy atom. The Labute approximate surface area is 665 Å². The number of nitrogens with zero attached hydrogens (tertiary/aromatic N) is 7. The van der Waals surface area contributed by atoms with E-state index in [4.69, 9.17) is 38.7 Å². The molecule has 22 aromatic rings. The Morgan fingerprint density at radius 2 is 0.696 bits per heavy atom. The third kappa shape index (κ3) is 11.0. The van der Waals surface area contributed by atoms with Crippen LogP contribution in [0, 0.1) is 0 Å². The summed E-state index contributed by atoms with van der Waals surface area (Å²) in [4.78, 5) is 31.4. The Bertz CT molecular complexity index is 7690. The monoisotopic (exact) mass is 1490 g/mol. The van der Waals surface area contributed by atoms with Gasteiger partial charge in [0.2, 0.25) is 0 Å². The zero-order valence-electron chi connectivity index (χ0n) is 62.4. The number of fused-ring (bicyclic) bond motifs is 15. The van der Waals surface area contributed by atoms with E-state index in [1.807, 2.05) is 96.3 Å². The summed E-state index contributed by atoms with van der Waals surface area (Å²) in [7, 11) is 0. The molecule has 0 amide bonds. The number of furan rings is 2. The van der Waals surface area contributed by atoms with E-state index in [1.165, 1.54) is 48.0 Å². The maximum absolute atomic E-state index is 6.68. The first kappa shape index (κ1) is 66.0. The van der Waals surface area contributed by atoms with Gasteiger partial charge < -0.3 is 13.4 Å². The van der Waals surface area contributed by atoms with Crippen LogP contribution >= 0.6 is 11.3 Å². The summed E-state index contributed by atoms with van der Waals surface area (Å²) >= 11 is 1.83. The summed E-state index contributed by atoms with van der Waals surface area (Å²) in [6.07, 6.45) is 0. The molecule has 16 aromatic carbocycles. The average Bonchev–Trinajstić information content (AvgIpc) is 1.59. The fourth-order valence-electron chi connectivity index (χ4n) is 17.7. The topological polar surface area (TPSA) is 109 Å². The van der Waals surface area contributed by atoms with Crippen molar-refractivity contribution < 1.29 is 8.83 Å². The van der Waals surface area contributed by atoms with Crippen LogP contribution in [0.3, 0.4) is 0 Å². The molecule has 0 spiro atoms. The Balaban J connectivity index is 0.618. The van der Waals surface area contributed by atoms with Gasteiger partial charge in [-0.2, -0.15) is 0 Å². The average molecular weight is 1490 g/mol. The summed E-state index contributed by atoms with van der Waals surface area (Å²) in [5.41, 5.74) is 27.7. The van der Waals surface area contributed by atoms with Crippen molar-refractivity contribution >= 4 is 97.2 Å². The quantitative estimate of drug-likeness (QED) is 0.119. The highest BCUT2D eigenvalue weighted by Gasteiger charge is 2.35. The highest BCUT2D eigenvalue weighted by atomic mass is 32.1. The molecule has 538 valence electrons. The lowest BCUT2D eigenvalue weighted by Crippen LogP contribution is -2.14. The Hall–Kier alpha value is -14.8. The highest BCUT2D eigenvalue weighted by molar-refractivity contribution is 7.25. The molecule has 6 heterocycles. The zero-order valence-corrected chi connectivity index (χ0v) is 63.2. The van der Waals surface area contributed by atoms with E-state index in [-0.39, 0.29) is 5.41 Å². The fraction of sp³-hybridized carbons (Fsp3) is 0.0286. The molecule has 0 unspecified atom stereocenters. The van der Waals surface area contributed by atoms with Gasteiger partial charge in [-0.25, -0.2) is 29.9 Å². The van der Waals surface area contributed by atoms with E-state index < -0.39 is 0 Å². The van der Waals surface area contributed by atoms with E-state index in [1.54, 1.807) is 0 Å². The number of rotatable bonds is 12. The van der Waals surface area contributed by atoms with Gasteiger partial charge >= 0.3 is 0 Å². The molecular formula is C105H65N7O2S. The van der Waals surface area contributed by atoms with Crippen LogP contribution in [-0.4, -0.2) is 34.5 Å². The minimum absolute atomic E-state index is 0.103. The number of hydrogen-bond donors (Lipinski definition) is 0. The zero-order chi connectivity index (χ0) is 76.0. The second-order valence-electron chi connectivity index (χ2n) is 30.4. The Kier molecular flexibility index (Phi) is 15.0. The standard InChI is InChI=1S/C105H65N7O2S/c1-105(2)87-35-12-9-28-78(87)83-58-67(46-52-88(83)105)68-47-53-89-85(60-68)96-76(71-24-15-26-73(56-71)102-107-99(64-20-5-3-6-21-64)106-100(108-102)65-22-7-4-8-23-65)31-18-36-90(96)112(89)75-50-44-63(45-51-75)62-40-42-66(43-41-62)101-109-103(111-104(110-101)82-34-17-33-81-79-29-10-13-37-91(79)114-98(81)82)74-27-16-25-72(57-74)77-32-19-38-93-97(77)86-61-69(48-54-92(86)113-93)70-49-55-95-84(59-70)80-30-11-14-39-94(80)115-95/h3-61H,1-2H3. The predicted molar refractivity (Wildman–Crippen MR) is 472 cm³/mol. The molecule has 0 N–H and O–H groups in total. The molecule has 0 saturated heterocycles. The summed E-state index contributed by atoms with van der Waals surface area (Å²) in [5, 5.41) is 8.96. The van der Waals surface area contributed by atoms with Gasteiger partial charge in [0, 0.05) is 91.4 Å². The van der Waals surface area contributed by atoms with Crippen molar-refractivity contribution in [1.82, 2.24) is 34.5 Å². The molecule has 0 bridgehead atoms. The molecule has 115 heavy (non-hydrogen) atoms. The number of hydrogen-bond acceptors (Lipinski definition) is 9. The van der Waals surface area contributed by atoms with Crippen LogP contribution in [-0.2, 0) is 5.41 Å². The lowest BCUT2D eigenvalue weighted by Gasteiger charge is -2.21. The minimum atomic E-state index is -0.103. The second-order valence-corrected chi connectivity index (χ2v) is 31.5. The second kappa shape index (κ2) is 26.1. The van der Waals surface area contributed by atoms with Crippen LogP contribution in [0.4, 0.5) is 0 Å². The van der Waals surface area contributed by atoms with Crippen molar-refractivity contribution in [1.29, 1.82) is 0 Å². The number of benzene rings is 16. The lowest BCUT2D eigenvalue weighted by atomic mass is 9.82. The van der Waals surface area contributed by atoms with Crippen LogP contribution in [0.5, 0.6) is 0 Å². The van der Waals surface area contributed by atoms with Gasteiger partial charge in [-0.15, -0.1) is 11.3 Å². The smallest absolute Gasteiger partial charge is 0.167 e. The molecule has 10 heteroatoms. The van der Waals surface area contributed by atoms with Crippen molar-refractivity contribution in [2.45, 2.75) is 19.3 Å². The van der Waals surface area contributed by atoms with E-state index in [9.17, 15) is 0 Å². The largest absolute Gasteiger partial charge is 0.456 e. The highest BCUT2D eigenvalue weighted by Crippen LogP contribution is 2.51. The van der Waals surface area contributed by atoms with Crippen molar-refractivity contribution in [2.24, 2.45) is 0 Å². The van der Waals surface area contributed by atoms with Gasteiger partial charge in [-0.1, -0.05) is 275 Å². The normalized spacial score (nSPS) is 12.5. The van der Waals surface area contributed by atoms with Gasteiger partial charge in [-0.05, 0) is 175 Å². The van der Waals surface area contributed by atoms with Gasteiger partial charge in [0.25, 0.3) is 0 Å². The van der Waals surface area contributed by atoms with E-state index >= 15 is 0 Å². The summed E-state index contributed by atoms with van der Waals surface area (Å²) in [6, 6.07) is 127. The number of thiophene rings is 1. The van der Waals surface area contributed by atoms with Gasteiger partial charge in [-0.3, -0.25) is 0 Å². The molecule has 1 aliphatic carbocycles. The van der Waals surface area contributed by atoms with Crippen LogP contribution < -0.4 is 0 Å². The van der Waals surface area contributed by atoms with Crippen molar-refractivity contribution in [3.8, 4) is 141 Å². The van der Waals surface area contributed by atoms with Crippen LogP contribution in [0.1, 0.15) is 25.0 Å². The van der Waals surface area contributed by atoms with Crippen molar-refractivity contribution in [2.75, 3.05) is 0 Å². The molecule has 0 radical (unpaired) electrons. The fourth-order valence-corrected chi connectivity index (χ4v) is 18.8. The lowest BCUT2D eigenvalue weighted by molar-refractivity contribution is 0.660. The first-order valence-electron chi connectivity index (χ1n) is 38.9. The maximum atomic E-state index is 6.68.